The van der Waals surface area contributed by atoms with Gasteiger partial charge in [0.15, 0.2) is 11.6 Å². The summed E-state index contributed by atoms with van der Waals surface area (Å²) in [6, 6.07) is 1.81. The van der Waals surface area contributed by atoms with Crippen molar-refractivity contribution in [3.05, 3.63) is 40.6 Å². The van der Waals surface area contributed by atoms with Gasteiger partial charge < -0.3 is 9.84 Å². The molecule has 6 heteroatoms. The summed E-state index contributed by atoms with van der Waals surface area (Å²) in [5, 5.41) is 9.57. The van der Waals surface area contributed by atoms with Gasteiger partial charge in [-0.1, -0.05) is 0 Å². The van der Waals surface area contributed by atoms with E-state index in [1.807, 2.05) is 6.92 Å². The molecule has 0 aliphatic carbocycles. The fourth-order valence-electron chi connectivity index (χ4n) is 2.88. The number of halogens is 2. The Morgan fingerprint density at radius 2 is 2.00 bits per heavy atom. The van der Waals surface area contributed by atoms with Crippen molar-refractivity contribution in [2.24, 2.45) is 0 Å². The topological polar surface area (TPSA) is 59.4 Å². The molecule has 2 aromatic rings. The summed E-state index contributed by atoms with van der Waals surface area (Å²) < 4.78 is 32.5. The normalized spacial score (nSPS) is 21.3. The fourth-order valence-corrected chi connectivity index (χ4v) is 2.88. The summed E-state index contributed by atoms with van der Waals surface area (Å²) in [6.45, 7) is 3.59. The number of hydrogen-bond acceptors (Lipinski definition) is 3. The molecule has 0 spiro atoms. The molecule has 3 rings (SSSR count). The lowest BCUT2D eigenvalue weighted by Crippen LogP contribution is -2.26. The van der Waals surface area contributed by atoms with Crippen LogP contribution in [0.1, 0.15) is 41.6 Å². The lowest BCUT2D eigenvalue weighted by Gasteiger charge is -2.29. The highest BCUT2D eigenvalue weighted by Gasteiger charge is 2.30. The summed E-state index contributed by atoms with van der Waals surface area (Å²) in [6.07, 6.45) is -0.126. The van der Waals surface area contributed by atoms with Gasteiger partial charge in [-0.2, -0.15) is 0 Å². The molecule has 4 nitrogen and oxygen atoms in total. The zero-order valence-electron chi connectivity index (χ0n) is 11.5. The van der Waals surface area contributed by atoms with Crippen LogP contribution < -0.4 is 0 Å². The second-order valence-corrected chi connectivity index (χ2v) is 5.23. The second kappa shape index (κ2) is 4.73. The van der Waals surface area contributed by atoms with Crippen molar-refractivity contribution in [2.45, 2.75) is 32.5 Å². The summed E-state index contributed by atoms with van der Waals surface area (Å²) in [5.74, 6) is -3.33. The van der Waals surface area contributed by atoms with Crippen molar-refractivity contribution in [1.29, 1.82) is 0 Å². The van der Waals surface area contributed by atoms with Gasteiger partial charge in [-0.05, 0) is 19.9 Å². The lowest BCUT2D eigenvalue weighted by atomic mass is 9.92. The number of aromatic carboxylic acids is 1. The molecule has 110 valence electrons. The number of pyridine rings is 1. The van der Waals surface area contributed by atoms with E-state index in [9.17, 15) is 18.7 Å². The minimum absolute atomic E-state index is 0.0618. The number of hydrogen-bond donors (Lipinski definition) is 1. The molecule has 1 N–H and O–H groups in total. The first-order valence-corrected chi connectivity index (χ1v) is 6.58. The van der Waals surface area contributed by atoms with E-state index >= 15 is 0 Å². The summed E-state index contributed by atoms with van der Waals surface area (Å²) >= 11 is 0. The van der Waals surface area contributed by atoms with Gasteiger partial charge in [-0.15, -0.1) is 0 Å². The van der Waals surface area contributed by atoms with E-state index in [1.54, 1.807) is 6.92 Å². The number of carbonyl (C=O) groups is 1. The molecule has 2 unspecified atom stereocenters. The molecule has 0 radical (unpaired) electrons. The Labute approximate surface area is 119 Å². The summed E-state index contributed by atoms with van der Waals surface area (Å²) in [5.41, 5.74) is 1.09. The highest BCUT2D eigenvalue weighted by atomic mass is 19.2. The molecule has 0 saturated heterocycles. The van der Waals surface area contributed by atoms with Gasteiger partial charge in [0, 0.05) is 23.4 Å². The van der Waals surface area contributed by atoms with Gasteiger partial charge in [0.05, 0.1) is 29.0 Å². The molecule has 0 amide bonds. The minimum Gasteiger partial charge on any atom is -0.478 e. The van der Waals surface area contributed by atoms with Gasteiger partial charge in [0.2, 0.25) is 0 Å². The lowest BCUT2D eigenvalue weighted by molar-refractivity contribution is -0.00661. The van der Waals surface area contributed by atoms with Crippen LogP contribution in [0.5, 0.6) is 0 Å². The number of rotatable bonds is 1. The Hall–Kier alpha value is -2.08. The van der Waals surface area contributed by atoms with E-state index in [4.69, 9.17) is 4.74 Å². The van der Waals surface area contributed by atoms with Crippen LogP contribution in [0.15, 0.2) is 12.1 Å². The molecular formula is C15H13F2NO3. The number of benzene rings is 1. The molecule has 21 heavy (non-hydrogen) atoms. The third-order valence-corrected chi connectivity index (χ3v) is 3.68. The van der Waals surface area contributed by atoms with E-state index in [2.05, 4.69) is 4.98 Å². The van der Waals surface area contributed by atoms with Crippen LogP contribution in [-0.2, 0) is 11.2 Å². The average Bonchev–Trinajstić information content (AvgIpc) is 2.37. The SMILES string of the molecule is CC1Cc2nc3cc(F)c(F)cc3c(C(=O)O)c2C(C)O1. The molecule has 1 aliphatic rings. The predicted octanol–water partition coefficient (Wildman–Crippen LogP) is 3.23. The largest absolute Gasteiger partial charge is 0.478 e. The van der Waals surface area contributed by atoms with Crippen molar-refractivity contribution in [3.8, 4) is 0 Å². The van der Waals surface area contributed by atoms with E-state index in [0.717, 1.165) is 12.1 Å². The van der Waals surface area contributed by atoms with Gasteiger partial charge >= 0.3 is 5.97 Å². The molecule has 0 fully saturated rings. The van der Waals surface area contributed by atoms with Crippen LogP contribution >= 0.6 is 0 Å². The summed E-state index contributed by atoms with van der Waals surface area (Å²) in [4.78, 5) is 15.9. The summed E-state index contributed by atoms with van der Waals surface area (Å²) in [7, 11) is 0. The van der Waals surface area contributed by atoms with Crippen LogP contribution in [-0.4, -0.2) is 22.2 Å². The molecule has 1 aromatic heterocycles. The first-order valence-electron chi connectivity index (χ1n) is 6.58. The minimum atomic E-state index is -1.20. The molecule has 1 aromatic carbocycles. The van der Waals surface area contributed by atoms with Crippen LogP contribution in [0.4, 0.5) is 8.78 Å². The third-order valence-electron chi connectivity index (χ3n) is 3.68. The van der Waals surface area contributed by atoms with Crippen LogP contribution in [0.25, 0.3) is 10.9 Å². The maximum atomic E-state index is 13.5. The Kier molecular flexibility index (Phi) is 3.13. The molecule has 0 bridgehead atoms. The van der Waals surface area contributed by atoms with Gasteiger partial charge in [0.25, 0.3) is 0 Å². The highest BCUT2D eigenvalue weighted by molar-refractivity contribution is 6.04. The molecule has 2 heterocycles. The molecule has 0 saturated carbocycles. The number of ether oxygens (including phenoxy) is 1. The van der Waals surface area contributed by atoms with Crippen molar-refractivity contribution in [3.63, 3.8) is 0 Å². The maximum Gasteiger partial charge on any atom is 0.336 e. The van der Waals surface area contributed by atoms with Crippen LogP contribution in [0.2, 0.25) is 0 Å². The first-order chi connectivity index (χ1) is 9.88. The first kappa shape index (κ1) is 13.9. The Morgan fingerprint density at radius 3 is 2.67 bits per heavy atom. The number of fused-ring (bicyclic) bond motifs is 2. The van der Waals surface area contributed by atoms with E-state index < -0.39 is 23.7 Å². The fraction of sp³-hybridized carbons (Fsp3) is 0.333. The van der Waals surface area contributed by atoms with Gasteiger partial charge in [0.1, 0.15) is 0 Å². The van der Waals surface area contributed by atoms with Crippen molar-refractivity contribution < 1.29 is 23.4 Å². The standard InChI is InChI=1S/C15H13F2NO3/c1-6-3-12-13(7(2)21-6)14(15(19)20)8-4-9(16)10(17)5-11(8)18-12/h4-7H,3H2,1-2H3,(H,19,20). The number of carboxylic acids is 1. The van der Waals surface area contributed by atoms with E-state index in [-0.39, 0.29) is 22.6 Å². The van der Waals surface area contributed by atoms with Crippen molar-refractivity contribution in [2.75, 3.05) is 0 Å². The second-order valence-electron chi connectivity index (χ2n) is 5.23. The van der Waals surface area contributed by atoms with Crippen molar-refractivity contribution in [1.82, 2.24) is 4.98 Å². The quantitative estimate of drug-likeness (QED) is 0.877. The third kappa shape index (κ3) is 2.15. The Morgan fingerprint density at radius 1 is 1.33 bits per heavy atom. The monoisotopic (exact) mass is 293 g/mol. The Bertz CT molecular complexity index is 760. The van der Waals surface area contributed by atoms with Crippen LogP contribution in [0.3, 0.4) is 0 Å². The Balaban J connectivity index is 2.42. The van der Waals surface area contributed by atoms with E-state index in [0.29, 0.717) is 17.7 Å². The van der Waals surface area contributed by atoms with E-state index in [1.165, 1.54) is 0 Å². The zero-order chi connectivity index (χ0) is 15.3. The maximum absolute atomic E-state index is 13.5. The predicted molar refractivity (Wildman–Crippen MR) is 71.3 cm³/mol. The van der Waals surface area contributed by atoms with Gasteiger partial charge in [-0.3, -0.25) is 4.98 Å². The highest BCUT2D eigenvalue weighted by Crippen LogP contribution is 2.35. The van der Waals surface area contributed by atoms with Crippen LogP contribution in [0, 0.1) is 11.6 Å². The van der Waals surface area contributed by atoms with Gasteiger partial charge in [-0.25, -0.2) is 13.6 Å². The molecule has 2 atom stereocenters. The number of carboxylic acid groups (broad SMARTS) is 1. The molecular weight excluding hydrogens is 280 g/mol. The number of aromatic nitrogens is 1. The number of nitrogens with zero attached hydrogens (tertiary/aromatic N) is 1. The molecule has 1 aliphatic heterocycles. The zero-order valence-corrected chi connectivity index (χ0v) is 11.5. The average molecular weight is 293 g/mol. The van der Waals surface area contributed by atoms with Crippen molar-refractivity contribution >= 4 is 16.9 Å². The smallest absolute Gasteiger partial charge is 0.336 e.